The van der Waals surface area contributed by atoms with Crippen molar-refractivity contribution in [3.05, 3.63) is 24.3 Å². The highest BCUT2D eigenvalue weighted by Crippen LogP contribution is 2.42. The molecule has 9 nitrogen and oxygen atoms in total. The third-order valence-electron chi connectivity index (χ3n) is 6.40. The lowest BCUT2D eigenvalue weighted by Gasteiger charge is -2.30. The van der Waals surface area contributed by atoms with Crippen LogP contribution in [0.4, 0.5) is 4.79 Å². The monoisotopic (exact) mass is 398 g/mol. The molecule has 0 bridgehead atoms. The first-order valence-electron chi connectivity index (χ1n) is 10.4. The number of nitrogens with one attached hydrogen (secondary N) is 1. The van der Waals surface area contributed by atoms with Gasteiger partial charge in [0, 0.05) is 25.2 Å². The standard InChI is InChI=1S/C20H26N6O3/c1-2-12-8-14(29-20(28)25-7-3-4-13(27)11-25)9-15(12)19-24-23-17-10-22-18-16(26(17)19)5-6-21-18/h5-6,10,12-15,21,27H,2-4,7-9,11H2,1H3/t12-,13-,14+,15?/m1/s1. The van der Waals surface area contributed by atoms with Crippen molar-refractivity contribution in [1.82, 2.24) is 29.5 Å². The molecule has 2 aliphatic rings. The molecule has 1 amide bonds. The number of carbonyl (C=O) groups excluding carboxylic acids is 1. The summed E-state index contributed by atoms with van der Waals surface area (Å²) in [6.07, 6.45) is 6.78. The fraction of sp³-hybridized carbons (Fsp3) is 0.600. The summed E-state index contributed by atoms with van der Waals surface area (Å²) in [5.74, 6) is 1.44. The Balaban J connectivity index is 1.38. The molecule has 3 aromatic heterocycles. The number of likely N-dealkylation sites (tertiary alicyclic amines) is 1. The molecule has 0 spiro atoms. The van der Waals surface area contributed by atoms with E-state index in [-0.39, 0.29) is 18.1 Å². The number of ether oxygens (including phenoxy) is 1. The molecule has 9 heteroatoms. The van der Waals surface area contributed by atoms with Crippen molar-refractivity contribution >= 4 is 22.9 Å². The summed E-state index contributed by atoms with van der Waals surface area (Å²) in [6, 6.07) is 1.98. The van der Waals surface area contributed by atoms with Gasteiger partial charge in [-0.25, -0.2) is 9.78 Å². The van der Waals surface area contributed by atoms with Gasteiger partial charge in [-0.05, 0) is 37.7 Å². The average Bonchev–Trinajstić information content (AvgIpc) is 3.44. The van der Waals surface area contributed by atoms with E-state index in [1.807, 2.05) is 12.3 Å². The van der Waals surface area contributed by atoms with Gasteiger partial charge in [-0.3, -0.25) is 4.40 Å². The van der Waals surface area contributed by atoms with Crippen molar-refractivity contribution in [3.63, 3.8) is 0 Å². The summed E-state index contributed by atoms with van der Waals surface area (Å²) in [4.78, 5) is 21.7. The predicted octanol–water partition coefficient (Wildman–Crippen LogP) is 2.47. The number of carbonyl (C=O) groups is 1. The number of aromatic nitrogens is 5. The van der Waals surface area contributed by atoms with E-state index in [0.717, 1.165) is 54.7 Å². The van der Waals surface area contributed by atoms with E-state index < -0.39 is 6.10 Å². The summed E-state index contributed by atoms with van der Waals surface area (Å²) in [5.41, 5.74) is 2.49. The molecule has 1 aliphatic heterocycles. The number of nitrogens with zero attached hydrogens (tertiary/aromatic N) is 5. The third kappa shape index (κ3) is 3.23. The molecular formula is C20H26N6O3. The number of fused-ring (bicyclic) bond motifs is 3. The van der Waals surface area contributed by atoms with Crippen LogP contribution in [0, 0.1) is 5.92 Å². The number of piperidine rings is 1. The summed E-state index contributed by atoms with van der Waals surface area (Å²) in [6.45, 7) is 3.18. The molecule has 0 radical (unpaired) electrons. The van der Waals surface area contributed by atoms with E-state index in [2.05, 4.69) is 31.5 Å². The number of aliphatic hydroxyl groups is 1. The molecule has 2 fully saturated rings. The number of hydrogen-bond acceptors (Lipinski definition) is 6. The van der Waals surface area contributed by atoms with Crippen molar-refractivity contribution in [2.24, 2.45) is 5.92 Å². The molecule has 1 unspecified atom stereocenters. The maximum Gasteiger partial charge on any atom is 0.410 e. The maximum absolute atomic E-state index is 12.6. The lowest BCUT2D eigenvalue weighted by atomic mass is 9.93. The Bertz CT molecular complexity index is 1030. The van der Waals surface area contributed by atoms with Gasteiger partial charge in [0.05, 0.1) is 17.8 Å². The molecule has 4 heterocycles. The zero-order valence-electron chi connectivity index (χ0n) is 16.5. The number of hydrogen-bond donors (Lipinski definition) is 2. The van der Waals surface area contributed by atoms with Crippen LogP contribution in [0.1, 0.15) is 50.8 Å². The topological polar surface area (TPSA) is 109 Å². The lowest BCUT2D eigenvalue weighted by molar-refractivity contribution is 0.0292. The van der Waals surface area contributed by atoms with Crippen LogP contribution in [-0.4, -0.2) is 66.0 Å². The van der Waals surface area contributed by atoms with E-state index in [1.165, 1.54) is 0 Å². The van der Waals surface area contributed by atoms with Crippen LogP contribution < -0.4 is 0 Å². The second-order valence-corrected chi connectivity index (χ2v) is 8.22. The molecule has 0 aromatic carbocycles. The van der Waals surface area contributed by atoms with Crippen LogP contribution in [0.5, 0.6) is 0 Å². The van der Waals surface area contributed by atoms with Crippen LogP contribution >= 0.6 is 0 Å². The summed E-state index contributed by atoms with van der Waals surface area (Å²) >= 11 is 0. The number of aliphatic hydroxyl groups excluding tert-OH is 1. The van der Waals surface area contributed by atoms with E-state index in [4.69, 9.17) is 4.74 Å². The minimum Gasteiger partial charge on any atom is -0.446 e. The number of rotatable bonds is 3. The molecule has 154 valence electrons. The Morgan fingerprint density at radius 2 is 2.28 bits per heavy atom. The van der Waals surface area contributed by atoms with E-state index in [0.29, 0.717) is 19.0 Å². The van der Waals surface area contributed by atoms with Crippen LogP contribution in [0.3, 0.4) is 0 Å². The van der Waals surface area contributed by atoms with E-state index in [9.17, 15) is 9.90 Å². The van der Waals surface area contributed by atoms with Gasteiger partial charge in [-0.15, -0.1) is 10.2 Å². The number of H-pyrrole nitrogens is 1. The molecule has 29 heavy (non-hydrogen) atoms. The fourth-order valence-electron chi connectivity index (χ4n) is 4.91. The van der Waals surface area contributed by atoms with Gasteiger partial charge in [0.1, 0.15) is 11.9 Å². The van der Waals surface area contributed by atoms with E-state index >= 15 is 0 Å². The molecule has 2 N–H and O–H groups in total. The van der Waals surface area contributed by atoms with Gasteiger partial charge in [-0.1, -0.05) is 13.3 Å². The van der Waals surface area contributed by atoms with Gasteiger partial charge < -0.3 is 19.7 Å². The quantitative estimate of drug-likeness (QED) is 0.702. The van der Waals surface area contributed by atoms with E-state index in [1.54, 1.807) is 11.1 Å². The highest BCUT2D eigenvalue weighted by molar-refractivity contribution is 5.74. The van der Waals surface area contributed by atoms with Crippen LogP contribution in [0.15, 0.2) is 18.5 Å². The predicted molar refractivity (Wildman–Crippen MR) is 105 cm³/mol. The van der Waals surface area contributed by atoms with Gasteiger partial charge in [0.25, 0.3) is 0 Å². The molecule has 5 rings (SSSR count). The zero-order valence-corrected chi connectivity index (χ0v) is 16.5. The third-order valence-corrected chi connectivity index (χ3v) is 6.40. The number of amides is 1. The highest BCUT2D eigenvalue weighted by atomic mass is 16.6. The zero-order chi connectivity index (χ0) is 20.0. The lowest BCUT2D eigenvalue weighted by Crippen LogP contribution is -2.43. The fourth-order valence-corrected chi connectivity index (χ4v) is 4.91. The van der Waals surface area contributed by atoms with Crippen molar-refractivity contribution < 1.29 is 14.6 Å². The Hall–Kier alpha value is -2.68. The van der Waals surface area contributed by atoms with Gasteiger partial charge in [-0.2, -0.15) is 0 Å². The second kappa shape index (κ2) is 7.29. The van der Waals surface area contributed by atoms with Crippen molar-refractivity contribution in [1.29, 1.82) is 0 Å². The Morgan fingerprint density at radius 3 is 3.10 bits per heavy atom. The summed E-state index contributed by atoms with van der Waals surface area (Å²) < 4.78 is 7.91. The number of β-amino-alcohol motifs (C(OH)–C–C–N with tert-alkyl or cyclic N) is 1. The number of aromatic amines is 1. The van der Waals surface area contributed by atoms with Gasteiger partial charge >= 0.3 is 6.09 Å². The SMILES string of the molecule is CC[C@@H]1C[C@H](OC(=O)N2CCC[C@@H](O)C2)CC1c1nnc2cnc3[nH]ccc3n12. The molecule has 4 atom stereocenters. The Kier molecular flexibility index (Phi) is 4.61. The maximum atomic E-state index is 12.6. The van der Waals surface area contributed by atoms with Crippen molar-refractivity contribution in [2.75, 3.05) is 13.1 Å². The molecule has 1 saturated carbocycles. The minimum absolute atomic E-state index is 0.146. The average molecular weight is 398 g/mol. The summed E-state index contributed by atoms with van der Waals surface area (Å²) in [5, 5.41) is 18.6. The largest absolute Gasteiger partial charge is 0.446 e. The van der Waals surface area contributed by atoms with Crippen LogP contribution in [-0.2, 0) is 4.74 Å². The first-order chi connectivity index (χ1) is 14.1. The van der Waals surface area contributed by atoms with Crippen LogP contribution in [0.25, 0.3) is 16.8 Å². The summed E-state index contributed by atoms with van der Waals surface area (Å²) in [7, 11) is 0. The minimum atomic E-state index is -0.448. The Morgan fingerprint density at radius 1 is 1.38 bits per heavy atom. The van der Waals surface area contributed by atoms with Crippen molar-refractivity contribution in [3.8, 4) is 0 Å². The smallest absolute Gasteiger partial charge is 0.410 e. The van der Waals surface area contributed by atoms with Gasteiger partial charge in [0.2, 0.25) is 0 Å². The van der Waals surface area contributed by atoms with Gasteiger partial charge in [0.15, 0.2) is 11.3 Å². The molecule has 1 aliphatic carbocycles. The molecule has 1 saturated heterocycles. The first kappa shape index (κ1) is 18.4. The molecule has 3 aromatic rings. The Labute approximate surface area is 168 Å². The first-order valence-corrected chi connectivity index (χ1v) is 10.4. The molecular weight excluding hydrogens is 372 g/mol. The normalized spacial score (nSPS) is 27.7. The highest BCUT2D eigenvalue weighted by Gasteiger charge is 2.40. The van der Waals surface area contributed by atoms with Crippen LogP contribution in [0.2, 0.25) is 0 Å². The second-order valence-electron chi connectivity index (χ2n) is 8.22. The van der Waals surface area contributed by atoms with Crippen molar-refractivity contribution in [2.45, 2.75) is 57.2 Å².